The molecule has 0 aliphatic rings. The zero-order chi connectivity index (χ0) is 8.23. The van der Waals surface area contributed by atoms with Gasteiger partial charge in [-0.05, 0) is 41.9 Å². The molecule has 0 spiro atoms. The van der Waals surface area contributed by atoms with Gasteiger partial charge in [0.25, 0.3) is 0 Å². The summed E-state index contributed by atoms with van der Waals surface area (Å²) < 4.78 is 4.16. The van der Waals surface area contributed by atoms with Gasteiger partial charge in [-0.2, -0.15) is 4.37 Å². The highest BCUT2D eigenvalue weighted by Gasteiger charge is 1.87. The highest BCUT2D eigenvalue weighted by Crippen LogP contribution is 2.05. The average molecular weight is 176 g/mol. The van der Waals surface area contributed by atoms with E-state index in [1.54, 1.807) is 0 Å². The van der Waals surface area contributed by atoms with Crippen molar-refractivity contribution in [3.05, 3.63) is 41.2 Å². The number of aromatic nitrogens is 2. The molecule has 12 heavy (non-hydrogen) atoms. The third kappa shape index (κ3) is 1.62. The number of nitrogens with one attached hydrogen (secondary N) is 1. The Kier molecular flexibility index (Phi) is 2.05. The Morgan fingerprint density at radius 3 is 3.00 bits per heavy atom. The van der Waals surface area contributed by atoms with Gasteiger partial charge in [-0.15, -0.1) is 0 Å². The van der Waals surface area contributed by atoms with Gasteiger partial charge in [-0.3, -0.25) is 0 Å². The smallest absolute Gasteiger partial charge is 0.0769 e. The first-order valence-corrected chi connectivity index (χ1v) is 4.51. The van der Waals surface area contributed by atoms with Gasteiger partial charge in [0.2, 0.25) is 0 Å². The highest BCUT2D eigenvalue weighted by molar-refractivity contribution is 7.03. The summed E-state index contributed by atoms with van der Waals surface area (Å²) in [4.78, 5) is 3.09. The number of rotatable bonds is 2. The second kappa shape index (κ2) is 3.36. The summed E-state index contributed by atoms with van der Waals surface area (Å²) in [6, 6.07) is 5.98. The summed E-state index contributed by atoms with van der Waals surface area (Å²) in [6.07, 6.45) is 5.90. The van der Waals surface area contributed by atoms with Crippen LogP contribution in [-0.2, 0) is 0 Å². The minimum Gasteiger partial charge on any atom is -0.362 e. The zero-order valence-corrected chi connectivity index (χ0v) is 7.21. The van der Waals surface area contributed by atoms with E-state index in [2.05, 4.69) is 9.36 Å². The fourth-order valence-corrected chi connectivity index (χ4v) is 1.44. The summed E-state index contributed by atoms with van der Waals surface area (Å²) >= 11 is 1.47. The SMILES string of the molecule is C(=C\c1ccc[nH]1)/c1ccsn1. The Labute approximate surface area is 74.7 Å². The van der Waals surface area contributed by atoms with Crippen molar-refractivity contribution >= 4 is 23.7 Å². The molecule has 2 nitrogen and oxygen atoms in total. The molecule has 0 radical (unpaired) electrons. The van der Waals surface area contributed by atoms with Crippen LogP contribution in [0.15, 0.2) is 29.8 Å². The Bertz CT molecular complexity index is 310. The molecule has 2 rings (SSSR count). The van der Waals surface area contributed by atoms with Gasteiger partial charge in [0.15, 0.2) is 0 Å². The third-order valence-corrected chi connectivity index (χ3v) is 2.09. The molecule has 0 atom stereocenters. The van der Waals surface area contributed by atoms with Crippen LogP contribution in [-0.4, -0.2) is 9.36 Å². The number of aromatic amines is 1. The predicted octanol–water partition coefficient (Wildman–Crippen LogP) is 2.64. The van der Waals surface area contributed by atoms with Crippen LogP contribution in [0.2, 0.25) is 0 Å². The second-order valence-electron chi connectivity index (χ2n) is 2.38. The van der Waals surface area contributed by atoms with Crippen LogP contribution in [0.5, 0.6) is 0 Å². The molecular weight excluding hydrogens is 168 g/mol. The fraction of sp³-hybridized carbons (Fsp3) is 0. The van der Waals surface area contributed by atoms with Crippen molar-refractivity contribution in [2.45, 2.75) is 0 Å². The van der Waals surface area contributed by atoms with E-state index >= 15 is 0 Å². The molecule has 0 saturated heterocycles. The highest BCUT2D eigenvalue weighted by atomic mass is 32.1. The molecule has 60 valence electrons. The lowest BCUT2D eigenvalue weighted by atomic mass is 10.3. The van der Waals surface area contributed by atoms with Gasteiger partial charge in [0, 0.05) is 17.3 Å². The number of nitrogens with zero attached hydrogens (tertiary/aromatic N) is 1. The molecule has 0 fully saturated rings. The lowest BCUT2D eigenvalue weighted by Crippen LogP contribution is -1.68. The second-order valence-corrected chi connectivity index (χ2v) is 3.05. The standard InChI is InChI=1S/C9H8N2S/c1-2-8(10-6-1)3-4-9-5-7-12-11-9/h1-7,10H/b4-3+. The summed E-state index contributed by atoms with van der Waals surface area (Å²) in [5.41, 5.74) is 2.11. The van der Waals surface area contributed by atoms with Crippen molar-refractivity contribution in [3.63, 3.8) is 0 Å². The van der Waals surface area contributed by atoms with Crippen molar-refractivity contribution in [3.8, 4) is 0 Å². The average Bonchev–Trinajstić information content (AvgIpc) is 2.74. The van der Waals surface area contributed by atoms with Crippen LogP contribution >= 0.6 is 11.5 Å². The van der Waals surface area contributed by atoms with Crippen LogP contribution < -0.4 is 0 Å². The van der Waals surface area contributed by atoms with Gasteiger partial charge < -0.3 is 4.98 Å². The molecule has 3 heteroatoms. The molecule has 0 unspecified atom stereocenters. The molecule has 2 aromatic heterocycles. The fourth-order valence-electron chi connectivity index (χ4n) is 0.931. The van der Waals surface area contributed by atoms with Gasteiger partial charge in [0.1, 0.15) is 0 Å². The van der Waals surface area contributed by atoms with E-state index in [1.807, 2.05) is 41.9 Å². The number of hydrogen-bond acceptors (Lipinski definition) is 2. The first kappa shape index (κ1) is 7.31. The maximum atomic E-state index is 4.16. The minimum atomic E-state index is 1.01. The van der Waals surface area contributed by atoms with E-state index in [0.717, 1.165) is 11.4 Å². The van der Waals surface area contributed by atoms with Crippen LogP contribution in [0, 0.1) is 0 Å². The van der Waals surface area contributed by atoms with Crippen molar-refractivity contribution in [2.75, 3.05) is 0 Å². The third-order valence-electron chi connectivity index (χ3n) is 1.51. The van der Waals surface area contributed by atoms with Crippen LogP contribution in [0.1, 0.15) is 11.4 Å². The van der Waals surface area contributed by atoms with Gasteiger partial charge >= 0.3 is 0 Å². The molecule has 2 aromatic rings. The molecule has 0 amide bonds. The van der Waals surface area contributed by atoms with E-state index < -0.39 is 0 Å². The van der Waals surface area contributed by atoms with Gasteiger partial charge in [-0.1, -0.05) is 0 Å². The zero-order valence-electron chi connectivity index (χ0n) is 6.40. The van der Waals surface area contributed by atoms with Crippen LogP contribution in [0.3, 0.4) is 0 Å². The first-order chi connectivity index (χ1) is 5.95. The van der Waals surface area contributed by atoms with E-state index in [9.17, 15) is 0 Å². The first-order valence-electron chi connectivity index (χ1n) is 3.67. The Morgan fingerprint density at radius 1 is 1.33 bits per heavy atom. The van der Waals surface area contributed by atoms with Crippen molar-refractivity contribution in [2.24, 2.45) is 0 Å². The monoisotopic (exact) mass is 176 g/mol. The van der Waals surface area contributed by atoms with E-state index in [4.69, 9.17) is 0 Å². The molecular formula is C9H8N2S. The van der Waals surface area contributed by atoms with E-state index in [0.29, 0.717) is 0 Å². The molecule has 0 aromatic carbocycles. The van der Waals surface area contributed by atoms with Crippen molar-refractivity contribution in [1.82, 2.24) is 9.36 Å². The summed E-state index contributed by atoms with van der Waals surface area (Å²) in [7, 11) is 0. The topological polar surface area (TPSA) is 28.7 Å². The molecule has 0 aliphatic carbocycles. The normalized spacial score (nSPS) is 11.0. The molecule has 0 bridgehead atoms. The summed E-state index contributed by atoms with van der Waals surface area (Å²) in [6.45, 7) is 0. The Morgan fingerprint density at radius 2 is 2.33 bits per heavy atom. The maximum absolute atomic E-state index is 4.16. The van der Waals surface area contributed by atoms with Crippen LogP contribution in [0.4, 0.5) is 0 Å². The van der Waals surface area contributed by atoms with E-state index in [-0.39, 0.29) is 0 Å². The minimum absolute atomic E-state index is 1.01. The largest absolute Gasteiger partial charge is 0.362 e. The number of hydrogen-bond donors (Lipinski definition) is 1. The Hall–Kier alpha value is -1.35. The molecule has 2 heterocycles. The van der Waals surface area contributed by atoms with Crippen molar-refractivity contribution < 1.29 is 0 Å². The lowest BCUT2D eigenvalue weighted by Gasteiger charge is -1.82. The van der Waals surface area contributed by atoms with Crippen LogP contribution in [0.25, 0.3) is 12.2 Å². The molecule has 0 saturated carbocycles. The summed E-state index contributed by atoms with van der Waals surface area (Å²) in [5.74, 6) is 0. The Balaban J connectivity index is 2.14. The summed E-state index contributed by atoms with van der Waals surface area (Å²) in [5, 5.41) is 1.97. The molecule has 0 aliphatic heterocycles. The maximum Gasteiger partial charge on any atom is 0.0769 e. The predicted molar refractivity (Wildman–Crippen MR) is 51.8 cm³/mol. The molecule has 1 N–H and O–H groups in total. The van der Waals surface area contributed by atoms with Gasteiger partial charge in [0.05, 0.1) is 5.69 Å². The number of H-pyrrole nitrogens is 1. The quantitative estimate of drug-likeness (QED) is 0.748. The van der Waals surface area contributed by atoms with E-state index in [1.165, 1.54) is 11.5 Å². The van der Waals surface area contributed by atoms with Gasteiger partial charge in [-0.25, -0.2) is 0 Å². The lowest BCUT2D eigenvalue weighted by molar-refractivity contribution is 1.38. The van der Waals surface area contributed by atoms with Crippen molar-refractivity contribution in [1.29, 1.82) is 0 Å².